The van der Waals surface area contributed by atoms with E-state index in [1.807, 2.05) is 54.7 Å². The fraction of sp³-hybridized carbons (Fsp3) is 0.211. The molecule has 0 bridgehead atoms. The minimum absolute atomic E-state index is 0.0988. The molecule has 0 radical (unpaired) electrons. The third-order valence-corrected chi connectivity index (χ3v) is 4.64. The largest absolute Gasteiger partial charge is 0.496 e. The van der Waals surface area contributed by atoms with Crippen LogP contribution in [0.5, 0.6) is 5.75 Å². The number of methoxy groups -OCH3 is 1. The van der Waals surface area contributed by atoms with E-state index in [0.717, 1.165) is 22.0 Å². The maximum atomic E-state index is 12.1. The maximum absolute atomic E-state index is 12.1. The highest BCUT2D eigenvalue weighted by atomic mass is 32.1. The van der Waals surface area contributed by atoms with Crippen molar-refractivity contribution < 1.29 is 14.3 Å². The summed E-state index contributed by atoms with van der Waals surface area (Å²) in [6.07, 6.45) is 1.64. The molecule has 3 rings (SSSR count). The lowest BCUT2D eigenvalue weighted by atomic mass is 10.2. The van der Waals surface area contributed by atoms with Gasteiger partial charge < -0.3 is 14.4 Å². The average Bonchev–Trinajstić information content (AvgIpc) is 3.15. The Morgan fingerprint density at radius 1 is 1.19 bits per heavy atom. The highest BCUT2D eigenvalue weighted by Gasteiger charge is 2.13. The van der Waals surface area contributed by atoms with E-state index in [4.69, 9.17) is 9.47 Å². The standard InChI is InChI=1S/C19H19N3O3S/c1-22(2)14-8-9-16(20-10-14)19(23)25-11-13-12-26-18(21-13)15-6-4-5-7-17(15)24-3/h4-10,12H,11H2,1-3H3. The molecule has 0 amide bonds. The zero-order chi connectivity index (χ0) is 18.5. The van der Waals surface area contributed by atoms with E-state index < -0.39 is 5.97 Å². The Morgan fingerprint density at radius 2 is 2.00 bits per heavy atom. The molecule has 0 fully saturated rings. The minimum atomic E-state index is -0.470. The molecule has 0 N–H and O–H groups in total. The van der Waals surface area contributed by atoms with Gasteiger partial charge >= 0.3 is 5.97 Å². The van der Waals surface area contributed by atoms with Gasteiger partial charge in [0.1, 0.15) is 23.1 Å². The minimum Gasteiger partial charge on any atom is -0.496 e. The highest BCUT2D eigenvalue weighted by Crippen LogP contribution is 2.32. The van der Waals surface area contributed by atoms with Gasteiger partial charge in [0.2, 0.25) is 0 Å². The van der Waals surface area contributed by atoms with Gasteiger partial charge in [0, 0.05) is 19.5 Å². The molecule has 0 spiro atoms. The first-order valence-electron chi connectivity index (χ1n) is 7.97. The second-order valence-corrected chi connectivity index (χ2v) is 6.57. The summed E-state index contributed by atoms with van der Waals surface area (Å²) in [4.78, 5) is 22.7. The molecule has 0 aliphatic carbocycles. The van der Waals surface area contributed by atoms with Crippen LogP contribution in [-0.2, 0) is 11.3 Å². The van der Waals surface area contributed by atoms with E-state index in [-0.39, 0.29) is 12.3 Å². The predicted molar refractivity (Wildman–Crippen MR) is 102 cm³/mol. The smallest absolute Gasteiger partial charge is 0.357 e. The van der Waals surface area contributed by atoms with Gasteiger partial charge in [-0.05, 0) is 24.3 Å². The summed E-state index contributed by atoms with van der Waals surface area (Å²) in [7, 11) is 5.46. The molecule has 0 saturated heterocycles. The molecular formula is C19H19N3O3S. The molecule has 26 heavy (non-hydrogen) atoms. The first-order valence-corrected chi connectivity index (χ1v) is 8.84. The van der Waals surface area contributed by atoms with Gasteiger partial charge in [-0.25, -0.2) is 14.8 Å². The Bertz CT molecular complexity index is 891. The van der Waals surface area contributed by atoms with E-state index in [2.05, 4.69) is 9.97 Å². The Balaban J connectivity index is 1.65. The second-order valence-electron chi connectivity index (χ2n) is 5.72. The number of nitrogens with zero attached hydrogens (tertiary/aromatic N) is 3. The molecule has 1 aromatic carbocycles. The topological polar surface area (TPSA) is 64.6 Å². The first-order chi connectivity index (χ1) is 12.6. The summed E-state index contributed by atoms with van der Waals surface area (Å²) in [6, 6.07) is 11.2. The second kappa shape index (κ2) is 7.97. The normalized spacial score (nSPS) is 10.4. The summed E-state index contributed by atoms with van der Waals surface area (Å²) in [5, 5.41) is 2.69. The van der Waals surface area contributed by atoms with Crippen LogP contribution in [0.2, 0.25) is 0 Å². The molecular weight excluding hydrogens is 350 g/mol. The first kappa shape index (κ1) is 17.9. The van der Waals surface area contributed by atoms with Gasteiger partial charge in [0.25, 0.3) is 0 Å². The molecule has 0 unspecified atom stereocenters. The van der Waals surface area contributed by atoms with Gasteiger partial charge in [-0.1, -0.05) is 12.1 Å². The number of hydrogen-bond donors (Lipinski definition) is 0. The number of esters is 1. The summed E-state index contributed by atoms with van der Waals surface area (Å²) >= 11 is 1.48. The summed E-state index contributed by atoms with van der Waals surface area (Å²) in [6.45, 7) is 0.0988. The van der Waals surface area contributed by atoms with E-state index in [0.29, 0.717) is 5.69 Å². The fourth-order valence-electron chi connectivity index (χ4n) is 2.30. The van der Waals surface area contributed by atoms with Crippen molar-refractivity contribution in [3.8, 4) is 16.3 Å². The summed E-state index contributed by atoms with van der Waals surface area (Å²) < 4.78 is 10.7. The Labute approximate surface area is 156 Å². The molecule has 0 saturated carbocycles. The summed E-state index contributed by atoms with van der Waals surface area (Å²) in [5.41, 5.74) is 2.80. The van der Waals surface area contributed by atoms with Crippen molar-refractivity contribution in [1.29, 1.82) is 0 Å². The van der Waals surface area contributed by atoms with Crippen molar-refractivity contribution in [3.63, 3.8) is 0 Å². The van der Waals surface area contributed by atoms with E-state index >= 15 is 0 Å². The van der Waals surface area contributed by atoms with Crippen LogP contribution < -0.4 is 9.64 Å². The van der Waals surface area contributed by atoms with Gasteiger partial charge in [-0.15, -0.1) is 11.3 Å². The zero-order valence-electron chi connectivity index (χ0n) is 14.8. The van der Waals surface area contributed by atoms with Crippen LogP contribution in [-0.4, -0.2) is 37.1 Å². The highest BCUT2D eigenvalue weighted by molar-refractivity contribution is 7.13. The van der Waals surface area contributed by atoms with Crippen LogP contribution in [0.1, 0.15) is 16.2 Å². The van der Waals surface area contributed by atoms with Crippen molar-refractivity contribution >= 4 is 23.0 Å². The molecule has 0 aliphatic rings. The van der Waals surface area contributed by atoms with Crippen LogP contribution in [0, 0.1) is 0 Å². The number of ether oxygens (including phenoxy) is 2. The van der Waals surface area contributed by atoms with E-state index in [1.54, 1.807) is 19.4 Å². The van der Waals surface area contributed by atoms with Crippen molar-refractivity contribution in [2.75, 3.05) is 26.1 Å². The number of para-hydroxylation sites is 1. The van der Waals surface area contributed by atoms with Crippen LogP contribution in [0.15, 0.2) is 48.0 Å². The average molecular weight is 369 g/mol. The molecule has 2 heterocycles. The lowest BCUT2D eigenvalue weighted by Gasteiger charge is -2.11. The predicted octanol–water partition coefficient (Wildman–Crippen LogP) is 3.64. The third-order valence-electron chi connectivity index (χ3n) is 3.71. The Morgan fingerprint density at radius 3 is 2.69 bits per heavy atom. The SMILES string of the molecule is COc1ccccc1-c1nc(COC(=O)c2ccc(N(C)C)cn2)cs1. The lowest BCUT2D eigenvalue weighted by Crippen LogP contribution is -2.11. The molecule has 6 nitrogen and oxygen atoms in total. The van der Waals surface area contributed by atoms with E-state index in [1.165, 1.54) is 11.3 Å². The number of aromatic nitrogens is 2. The van der Waals surface area contributed by atoms with Crippen LogP contribution in [0.4, 0.5) is 5.69 Å². The Hall–Kier alpha value is -2.93. The van der Waals surface area contributed by atoms with Crippen LogP contribution >= 0.6 is 11.3 Å². The number of benzene rings is 1. The van der Waals surface area contributed by atoms with Crippen LogP contribution in [0.25, 0.3) is 10.6 Å². The molecule has 0 atom stereocenters. The third kappa shape index (κ3) is 4.00. The number of carbonyl (C=O) groups excluding carboxylic acids is 1. The number of thiazole rings is 1. The van der Waals surface area contributed by atoms with Gasteiger partial charge in [0.15, 0.2) is 0 Å². The number of hydrogen-bond acceptors (Lipinski definition) is 7. The zero-order valence-corrected chi connectivity index (χ0v) is 15.6. The van der Waals surface area contributed by atoms with Crippen LogP contribution in [0.3, 0.4) is 0 Å². The quantitative estimate of drug-likeness (QED) is 0.618. The lowest BCUT2D eigenvalue weighted by molar-refractivity contribution is 0.0461. The molecule has 3 aromatic rings. The van der Waals surface area contributed by atoms with Gasteiger partial charge in [0.05, 0.1) is 30.3 Å². The Kier molecular flexibility index (Phi) is 5.48. The van der Waals surface area contributed by atoms with Crippen molar-refractivity contribution in [2.45, 2.75) is 6.61 Å². The molecule has 2 aromatic heterocycles. The van der Waals surface area contributed by atoms with Gasteiger partial charge in [-0.3, -0.25) is 0 Å². The fourth-order valence-corrected chi connectivity index (χ4v) is 3.14. The molecule has 0 aliphatic heterocycles. The monoisotopic (exact) mass is 369 g/mol. The number of rotatable bonds is 6. The number of carbonyl (C=O) groups is 1. The van der Waals surface area contributed by atoms with Crippen molar-refractivity contribution in [1.82, 2.24) is 9.97 Å². The van der Waals surface area contributed by atoms with Crippen molar-refractivity contribution in [3.05, 3.63) is 59.4 Å². The molecule has 134 valence electrons. The summed E-state index contributed by atoms with van der Waals surface area (Å²) in [5.74, 6) is 0.290. The number of pyridine rings is 1. The van der Waals surface area contributed by atoms with E-state index in [9.17, 15) is 4.79 Å². The van der Waals surface area contributed by atoms with Gasteiger partial charge in [-0.2, -0.15) is 0 Å². The maximum Gasteiger partial charge on any atom is 0.357 e. The molecule has 7 heteroatoms. The van der Waals surface area contributed by atoms with Crippen molar-refractivity contribution in [2.24, 2.45) is 0 Å². The number of anilines is 1.